The van der Waals surface area contributed by atoms with Crippen molar-refractivity contribution in [2.45, 2.75) is 52.1 Å². The van der Waals surface area contributed by atoms with Gasteiger partial charge in [0, 0.05) is 42.6 Å². The molecule has 2 fully saturated rings. The van der Waals surface area contributed by atoms with E-state index in [4.69, 9.17) is 0 Å². The Morgan fingerprint density at radius 2 is 1.82 bits per heavy atom. The van der Waals surface area contributed by atoms with Crippen LogP contribution in [0.4, 0.5) is 26.1 Å². The van der Waals surface area contributed by atoms with E-state index in [0.717, 1.165) is 30.4 Å². The van der Waals surface area contributed by atoms with Crippen molar-refractivity contribution in [3.8, 4) is 5.69 Å². The van der Waals surface area contributed by atoms with Crippen LogP contribution in [0, 0.1) is 24.5 Å². The maximum Gasteiger partial charge on any atom is 0.246 e. The zero-order valence-corrected chi connectivity index (χ0v) is 20.0. The summed E-state index contributed by atoms with van der Waals surface area (Å²) >= 11 is 0. The molecule has 0 spiro atoms. The molecule has 1 N–H and O–H groups in total. The minimum atomic E-state index is -0.651. The maximum absolute atomic E-state index is 13.6. The molecule has 8 heteroatoms. The van der Waals surface area contributed by atoms with Gasteiger partial charge >= 0.3 is 0 Å². The minimum Gasteiger partial charge on any atom is -0.368 e. The lowest BCUT2D eigenvalue weighted by molar-refractivity contribution is 0.136. The van der Waals surface area contributed by atoms with E-state index in [0.29, 0.717) is 23.9 Å². The van der Waals surface area contributed by atoms with Gasteiger partial charge in [-0.05, 0) is 74.5 Å². The molecule has 5 rings (SSSR count). The summed E-state index contributed by atoms with van der Waals surface area (Å²) in [5.74, 6) is -0.254. The van der Waals surface area contributed by atoms with Crippen molar-refractivity contribution in [3.05, 3.63) is 59.9 Å². The lowest BCUT2D eigenvalue weighted by Crippen LogP contribution is -2.56. The van der Waals surface area contributed by atoms with E-state index < -0.39 is 11.6 Å². The van der Waals surface area contributed by atoms with Crippen LogP contribution in [-0.4, -0.2) is 51.4 Å². The monoisotopic (exact) mass is 466 g/mol. The average molecular weight is 467 g/mol. The summed E-state index contributed by atoms with van der Waals surface area (Å²) in [7, 11) is 0. The van der Waals surface area contributed by atoms with Gasteiger partial charge in [-0.15, -0.1) is 5.10 Å². The molecule has 2 aliphatic heterocycles. The van der Waals surface area contributed by atoms with Crippen molar-refractivity contribution in [1.82, 2.24) is 19.7 Å². The van der Waals surface area contributed by atoms with E-state index in [-0.39, 0.29) is 5.69 Å². The number of benzene rings is 2. The van der Waals surface area contributed by atoms with Gasteiger partial charge in [0.15, 0.2) is 0 Å². The molecule has 34 heavy (non-hydrogen) atoms. The van der Waals surface area contributed by atoms with Crippen molar-refractivity contribution in [2.24, 2.45) is 5.92 Å². The van der Waals surface area contributed by atoms with Crippen LogP contribution in [-0.2, 0) is 0 Å². The first-order chi connectivity index (χ1) is 16.3. The minimum absolute atomic E-state index is 0.286. The van der Waals surface area contributed by atoms with Crippen molar-refractivity contribution in [3.63, 3.8) is 0 Å². The predicted octanol–water partition coefficient (Wildman–Crippen LogP) is 5.30. The van der Waals surface area contributed by atoms with Crippen LogP contribution in [0.3, 0.4) is 0 Å². The van der Waals surface area contributed by atoms with E-state index in [2.05, 4.69) is 64.2 Å². The molecule has 2 aromatic carbocycles. The van der Waals surface area contributed by atoms with Gasteiger partial charge in [-0.3, -0.25) is 4.90 Å². The number of aromatic nitrogens is 3. The zero-order chi connectivity index (χ0) is 23.8. The number of fused-ring (bicyclic) bond motifs is 1. The topological polar surface area (TPSA) is 49.2 Å². The highest BCUT2D eigenvalue weighted by Crippen LogP contribution is 2.33. The molecule has 0 radical (unpaired) electrons. The fourth-order valence-electron chi connectivity index (χ4n) is 5.45. The van der Waals surface area contributed by atoms with Crippen LogP contribution in [0.1, 0.15) is 38.7 Å². The Balaban J connectivity index is 1.36. The number of halogens is 2. The first-order valence-electron chi connectivity index (χ1n) is 12.1. The third-order valence-corrected chi connectivity index (χ3v) is 6.78. The highest BCUT2D eigenvalue weighted by molar-refractivity contribution is 5.64. The molecule has 180 valence electrons. The SMILES string of the molecule is Cc1cc(Nc2ncn(-c3cc(F)cc(F)c3)n2)cc(N2CC(CC(C)C)N3CCC[C@@H]3C2)c1. The van der Waals surface area contributed by atoms with Crippen LogP contribution >= 0.6 is 0 Å². The summed E-state index contributed by atoms with van der Waals surface area (Å²) in [5.41, 5.74) is 3.54. The van der Waals surface area contributed by atoms with E-state index >= 15 is 0 Å². The number of piperazine rings is 1. The van der Waals surface area contributed by atoms with Crippen molar-refractivity contribution < 1.29 is 8.78 Å². The second kappa shape index (κ2) is 9.33. The number of nitrogens with zero attached hydrogens (tertiary/aromatic N) is 5. The van der Waals surface area contributed by atoms with E-state index in [1.54, 1.807) is 0 Å². The molecule has 3 aromatic rings. The summed E-state index contributed by atoms with van der Waals surface area (Å²) in [5, 5.41) is 7.62. The van der Waals surface area contributed by atoms with E-state index in [1.807, 2.05) is 0 Å². The molecule has 0 amide bonds. The quantitative estimate of drug-likeness (QED) is 0.535. The highest BCUT2D eigenvalue weighted by Gasteiger charge is 2.37. The Morgan fingerprint density at radius 1 is 1.03 bits per heavy atom. The molecule has 0 saturated carbocycles. The van der Waals surface area contributed by atoms with Crippen LogP contribution in [0.5, 0.6) is 0 Å². The summed E-state index contributed by atoms with van der Waals surface area (Å²) in [4.78, 5) is 9.54. The molecule has 1 unspecified atom stereocenters. The maximum atomic E-state index is 13.6. The normalized spacial score (nSPS) is 20.7. The number of hydrogen-bond acceptors (Lipinski definition) is 5. The Bertz CT molecular complexity index is 1140. The third-order valence-electron chi connectivity index (χ3n) is 6.78. The molecule has 6 nitrogen and oxygen atoms in total. The van der Waals surface area contributed by atoms with Gasteiger partial charge in [0.1, 0.15) is 18.0 Å². The van der Waals surface area contributed by atoms with Crippen LogP contribution in [0.2, 0.25) is 0 Å². The standard InChI is InChI=1S/C26H32F2N6/c1-17(2)7-25-15-32(14-22-5-4-6-33(22)25)23-9-18(3)8-21(13-23)30-26-29-16-34(31-26)24-11-19(27)10-20(28)12-24/h8-13,16-17,22,25H,4-7,14-15H2,1-3H3,(H,30,31)/t22-,25?/m1/s1. The number of anilines is 3. The first kappa shape index (κ1) is 22.8. The number of rotatable bonds is 6. The molecule has 2 atom stereocenters. The Kier molecular flexibility index (Phi) is 6.25. The highest BCUT2D eigenvalue weighted by atomic mass is 19.1. The van der Waals surface area contributed by atoms with Crippen LogP contribution < -0.4 is 10.2 Å². The van der Waals surface area contributed by atoms with Crippen molar-refractivity contribution in [1.29, 1.82) is 0 Å². The average Bonchev–Trinajstić information content (AvgIpc) is 3.42. The summed E-state index contributed by atoms with van der Waals surface area (Å²) in [6.07, 6.45) is 5.22. The molecule has 3 heterocycles. The van der Waals surface area contributed by atoms with Gasteiger partial charge in [-0.25, -0.2) is 13.5 Å². The number of hydrogen-bond donors (Lipinski definition) is 1. The second-order valence-electron chi connectivity index (χ2n) is 10.0. The molecular weight excluding hydrogens is 434 g/mol. The fourth-order valence-corrected chi connectivity index (χ4v) is 5.45. The number of nitrogens with one attached hydrogen (secondary N) is 1. The predicted molar refractivity (Wildman–Crippen MR) is 131 cm³/mol. The van der Waals surface area contributed by atoms with E-state index in [1.165, 1.54) is 54.6 Å². The summed E-state index contributed by atoms with van der Waals surface area (Å²) in [6.45, 7) is 10.0. The van der Waals surface area contributed by atoms with Crippen LogP contribution in [0.15, 0.2) is 42.7 Å². The Labute approximate surface area is 199 Å². The lowest BCUT2D eigenvalue weighted by Gasteiger charge is -2.45. The van der Waals surface area contributed by atoms with Gasteiger partial charge in [0.25, 0.3) is 0 Å². The van der Waals surface area contributed by atoms with E-state index in [9.17, 15) is 8.78 Å². The van der Waals surface area contributed by atoms with Gasteiger partial charge in [0.05, 0.1) is 5.69 Å². The molecule has 1 aromatic heterocycles. The molecule has 2 aliphatic rings. The molecule has 0 bridgehead atoms. The third kappa shape index (κ3) is 4.92. The zero-order valence-electron chi connectivity index (χ0n) is 20.0. The molecule has 0 aliphatic carbocycles. The first-order valence-corrected chi connectivity index (χ1v) is 12.1. The van der Waals surface area contributed by atoms with Crippen molar-refractivity contribution in [2.75, 3.05) is 29.9 Å². The smallest absolute Gasteiger partial charge is 0.246 e. The Morgan fingerprint density at radius 3 is 2.59 bits per heavy atom. The fraction of sp³-hybridized carbons (Fsp3) is 0.462. The summed E-state index contributed by atoms with van der Waals surface area (Å²) < 4.78 is 28.5. The lowest BCUT2D eigenvalue weighted by atomic mass is 9.97. The Hall–Kier alpha value is -3.00. The van der Waals surface area contributed by atoms with Gasteiger partial charge in [-0.1, -0.05) is 13.8 Å². The van der Waals surface area contributed by atoms with Gasteiger partial charge in [0.2, 0.25) is 5.95 Å². The number of aryl methyl sites for hydroxylation is 1. The van der Waals surface area contributed by atoms with Crippen LogP contribution in [0.25, 0.3) is 5.69 Å². The van der Waals surface area contributed by atoms with Gasteiger partial charge < -0.3 is 10.2 Å². The second-order valence-corrected chi connectivity index (χ2v) is 10.0. The summed E-state index contributed by atoms with van der Waals surface area (Å²) in [6, 6.07) is 10.9. The van der Waals surface area contributed by atoms with Gasteiger partial charge in [-0.2, -0.15) is 4.98 Å². The molecular formula is C26H32F2N6. The largest absolute Gasteiger partial charge is 0.368 e. The molecule has 2 saturated heterocycles. The van der Waals surface area contributed by atoms with Crippen molar-refractivity contribution >= 4 is 17.3 Å².